The Morgan fingerprint density at radius 1 is 1.28 bits per heavy atom. The molecular formula is C13H11Br2FN2. The summed E-state index contributed by atoms with van der Waals surface area (Å²) >= 11 is 6.53. The quantitative estimate of drug-likeness (QED) is 0.791. The predicted octanol–water partition coefficient (Wildman–Crippen LogP) is 4.67. The predicted molar refractivity (Wildman–Crippen MR) is 78.1 cm³/mol. The molecule has 0 aliphatic carbocycles. The van der Waals surface area contributed by atoms with Crippen LogP contribution in [0.2, 0.25) is 0 Å². The topological polar surface area (TPSA) is 24.9 Å². The minimum Gasteiger partial charge on any atom is -0.380 e. The summed E-state index contributed by atoms with van der Waals surface area (Å²) < 4.78 is 14.4. The van der Waals surface area contributed by atoms with Crippen LogP contribution in [0.4, 0.5) is 10.1 Å². The molecule has 1 heterocycles. The summed E-state index contributed by atoms with van der Waals surface area (Å²) in [7, 11) is 0. The molecule has 1 aromatic carbocycles. The van der Waals surface area contributed by atoms with Gasteiger partial charge in [-0.3, -0.25) is 0 Å². The van der Waals surface area contributed by atoms with Gasteiger partial charge in [0.2, 0.25) is 0 Å². The number of hydrogen-bond acceptors (Lipinski definition) is 2. The molecule has 5 heteroatoms. The molecule has 1 N–H and O–H groups in total. The number of benzene rings is 1. The smallest absolute Gasteiger partial charge is 0.137 e. The average Bonchev–Trinajstić information content (AvgIpc) is 2.35. The Labute approximate surface area is 122 Å². The monoisotopic (exact) mass is 372 g/mol. The summed E-state index contributed by atoms with van der Waals surface area (Å²) in [6.45, 7) is 2.61. The summed E-state index contributed by atoms with van der Waals surface area (Å²) in [6, 6.07) is 6.98. The van der Waals surface area contributed by atoms with E-state index in [-0.39, 0.29) is 5.82 Å². The SMILES string of the molecule is Cc1cc(NCc2ccc(F)c(Br)c2)cnc1Br. The number of aryl methyl sites for hydroxylation is 1. The Morgan fingerprint density at radius 3 is 2.72 bits per heavy atom. The van der Waals surface area contributed by atoms with E-state index < -0.39 is 0 Å². The number of aromatic nitrogens is 1. The number of pyridine rings is 1. The van der Waals surface area contributed by atoms with Crippen molar-refractivity contribution in [3.05, 3.63) is 56.5 Å². The summed E-state index contributed by atoms with van der Waals surface area (Å²) in [5.41, 5.74) is 3.01. The van der Waals surface area contributed by atoms with Crippen molar-refractivity contribution in [3.63, 3.8) is 0 Å². The Morgan fingerprint density at radius 2 is 2.06 bits per heavy atom. The third-order valence-electron chi connectivity index (χ3n) is 2.50. The highest BCUT2D eigenvalue weighted by atomic mass is 79.9. The lowest BCUT2D eigenvalue weighted by molar-refractivity contribution is 0.620. The van der Waals surface area contributed by atoms with Gasteiger partial charge in [-0.2, -0.15) is 0 Å². The van der Waals surface area contributed by atoms with Crippen molar-refractivity contribution in [1.82, 2.24) is 4.98 Å². The van der Waals surface area contributed by atoms with Gasteiger partial charge in [-0.25, -0.2) is 9.37 Å². The van der Waals surface area contributed by atoms with Gasteiger partial charge in [0.25, 0.3) is 0 Å². The summed E-state index contributed by atoms with van der Waals surface area (Å²) in [4.78, 5) is 4.21. The van der Waals surface area contributed by atoms with Crippen LogP contribution in [-0.4, -0.2) is 4.98 Å². The molecule has 2 aromatic rings. The number of halogens is 3. The molecule has 0 aliphatic rings. The zero-order valence-corrected chi connectivity index (χ0v) is 12.8. The standard InChI is InChI=1S/C13H11Br2FN2/c1-8-4-10(7-18-13(8)15)17-6-9-2-3-12(16)11(14)5-9/h2-5,7,17H,6H2,1H3. The number of hydrogen-bond donors (Lipinski definition) is 1. The van der Waals surface area contributed by atoms with E-state index >= 15 is 0 Å². The van der Waals surface area contributed by atoms with E-state index in [1.807, 2.05) is 13.0 Å². The van der Waals surface area contributed by atoms with Crippen molar-refractivity contribution in [3.8, 4) is 0 Å². The van der Waals surface area contributed by atoms with Crippen LogP contribution in [0.3, 0.4) is 0 Å². The highest BCUT2D eigenvalue weighted by Crippen LogP contribution is 2.19. The van der Waals surface area contributed by atoms with Crippen molar-refractivity contribution >= 4 is 37.5 Å². The van der Waals surface area contributed by atoms with Crippen molar-refractivity contribution in [1.29, 1.82) is 0 Å². The molecule has 0 unspecified atom stereocenters. The fourth-order valence-corrected chi connectivity index (χ4v) is 2.15. The van der Waals surface area contributed by atoms with E-state index in [0.29, 0.717) is 11.0 Å². The molecule has 0 spiro atoms. The van der Waals surface area contributed by atoms with Gasteiger partial charge in [0.05, 0.1) is 16.4 Å². The molecule has 18 heavy (non-hydrogen) atoms. The van der Waals surface area contributed by atoms with Crippen LogP contribution in [0.15, 0.2) is 39.5 Å². The van der Waals surface area contributed by atoms with Gasteiger partial charge in [-0.1, -0.05) is 6.07 Å². The Hall–Kier alpha value is -0.940. The maximum absolute atomic E-state index is 13.1. The second kappa shape index (κ2) is 5.80. The van der Waals surface area contributed by atoms with Gasteiger partial charge in [0.15, 0.2) is 0 Å². The highest BCUT2D eigenvalue weighted by molar-refractivity contribution is 9.10. The van der Waals surface area contributed by atoms with Crippen molar-refractivity contribution in [2.75, 3.05) is 5.32 Å². The minimum absolute atomic E-state index is 0.250. The summed E-state index contributed by atoms with van der Waals surface area (Å²) in [5, 5.41) is 3.25. The molecule has 0 aliphatic heterocycles. The third-order valence-corrected chi connectivity index (χ3v) is 3.93. The van der Waals surface area contributed by atoms with Gasteiger partial charge in [-0.15, -0.1) is 0 Å². The first-order valence-electron chi connectivity index (χ1n) is 5.36. The summed E-state index contributed by atoms with van der Waals surface area (Å²) in [6.07, 6.45) is 1.76. The van der Waals surface area contributed by atoms with Crippen LogP contribution < -0.4 is 5.32 Å². The first-order valence-corrected chi connectivity index (χ1v) is 6.95. The second-order valence-corrected chi connectivity index (χ2v) is 5.54. The summed E-state index contributed by atoms with van der Waals surface area (Å²) in [5.74, 6) is -0.250. The molecule has 0 atom stereocenters. The fourth-order valence-electron chi connectivity index (χ4n) is 1.51. The first kappa shape index (κ1) is 13.5. The van der Waals surface area contributed by atoms with Crippen LogP contribution >= 0.6 is 31.9 Å². The molecule has 2 nitrogen and oxygen atoms in total. The third kappa shape index (κ3) is 3.29. The maximum Gasteiger partial charge on any atom is 0.137 e. The number of anilines is 1. The fraction of sp³-hybridized carbons (Fsp3) is 0.154. The van der Waals surface area contributed by atoms with Crippen molar-refractivity contribution < 1.29 is 4.39 Å². The van der Waals surface area contributed by atoms with Crippen LogP contribution in [0.25, 0.3) is 0 Å². The molecule has 2 rings (SSSR count). The van der Waals surface area contributed by atoms with E-state index in [9.17, 15) is 4.39 Å². The van der Waals surface area contributed by atoms with Gasteiger partial charge in [0, 0.05) is 6.54 Å². The molecule has 0 amide bonds. The maximum atomic E-state index is 13.1. The molecular weight excluding hydrogens is 363 g/mol. The highest BCUT2D eigenvalue weighted by Gasteiger charge is 2.02. The Kier molecular flexibility index (Phi) is 4.35. The molecule has 0 fully saturated rings. The minimum atomic E-state index is -0.250. The zero-order chi connectivity index (χ0) is 13.1. The normalized spacial score (nSPS) is 10.4. The van der Waals surface area contributed by atoms with E-state index in [4.69, 9.17) is 0 Å². The largest absolute Gasteiger partial charge is 0.380 e. The molecule has 0 saturated carbocycles. The lowest BCUT2D eigenvalue weighted by Crippen LogP contribution is -2.00. The molecule has 0 radical (unpaired) electrons. The lowest BCUT2D eigenvalue weighted by Gasteiger charge is -2.08. The van der Waals surface area contributed by atoms with E-state index in [0.717, 1.165) is 21.4 Å². The Balaban J connectivity index is 2.06. The van der Waals surface area contributed by atoms with Crippen molar-refractivity contribution in [2.24, 2.45) is 0 Å². The number of rotatable bonds is 3. The zero-order valence-electron chi connectivity index (χ0n) is 9.67. The molecule has 1 aromatic heterocycles. The first-order chi connectivity index (χ1) is 8.56. The molecule has 94 valence electrons. The van der Waals surface area contributed by atoms with Crippen LogP contribution in [0.1, 0.15) is 11.1 Å². The lowest BCUT2D eigenvalue weighted by atomic mass is 10.2. The second-order valence-electron chi connectivity index (χ2n) is 3.93. The number of nitrogens with one attached hydrogen (secondary N) is 1. The van der Waals surface area contributed by atoms with Gasteiger partial charge in [-0.05, 0) is 68.1 Å². The van der Waals surface area contributed by atoms with E-state index in [1.54, 1.807) is 18.3 Å². The van der Waals surface area contributed by atoms with Crippen LogP contribution in [0.5, 0.6) is 0 Å². The van der Waals surface area contributed by atoms with Gasteiger partial charge < -0.3 is 5.32 Å². The molecule has 0 saturated heterocycles. The van der Waals surface area contributed by atoms with E-state index in [2.05, 4.69) is 42.2 Å². The van der Waals surface area contributed by atoms with Gasteiger partial charge >= 0.3 is 0 Å². The Bertz CT molecular complexity index is 521. The number of nitrogens with zero attached hydrogens (tertiary/aromatic N) is 1. The van der Waals surface area contributed by atoms with Gasteiger partial charge in [0.1, 0.15) is 10.4 Å². The van der Waals surface area contributed by atoms with Crippen LogP contribution in [-0.2, 0) is 6.54 Å². The van der Waals surface area contributed by atoms with Crippen LogP contribution in [0, 0.1) is 12.7 Å². The average molecular weight is 374 g/mol. The van der Waals surface area contributed by atoms with Crippen molar-refractivity contribution in [2.45, 2.75) is 13.5 Å². The van der Waals surface area contributed by atoms with E-state index in [1.165, 1.54) is 6.07 Å². The molecule has 0 bridgehead atoms.